The van der Waals surface area contributed by atoms with Crippen LogP contribution in [-0.2, 0) is 19.1 Å². The number of hydrogen-bond donors (Lipinski definition) is 0. The van der Waals surface area contributed by atoms with E-state index in [1.165, 1.54) is 19.9 Å². The molecule has 25 heavy (non-hydrogen) atoms. The van der Waals surface area contributed by atoms with Crippen LogP contribution in [0.5, 0.6) is 5.75 Å². The summed E-state index contributed by atoms with van der Waals surface area (Å²) in [6.07, 6.45) is -1.49. The Bertz CT molecular complexity index is 909. The van der Waals surface area contributed by atoms with Crippen molar-refractivity contribution in [3.05, 3.63) is 40.2 Å². The number of carbonyl (C=O) groups excluding carboxylic acids is 2. The third kappa shape index (κ3) is 3.22. The molecule has 0 radical (unpaired) electrons. The van der Waals surface area contributed by atoms with E-state index in [1.807, 2.05) is 0 Å². The van der Waals surface area contributed by atoms with Crippen LogP contribution in [0, 0.1) is 0 Å². The van der Waals surface area contributed by atoms with Crippen molar-refractivity contribution in [1.82, 2.24) is 0 Å². The smallest absolute Gasteiger partial charge is 0.336 e. The van der Waals surface area contributed by atoms with E-state index in [1.54, 1.807) is 32.0 Å². The predicted octanol–water partition coefficient (Wildman–Crippen LogP) is 2.50. The van der Waals surface area contributed by atoms with Gasteiger partial charge in [-0.3, -0.25) is 9.59 Å². The lowest BCUT2D eigenvalue weighted by Crippen LogP contribution is -2.46. The van der Waals surface area contributed by atoms with Crippen molar-refractivity contribution in [3.63, 3.8) is 0 Å². The van der Waals surface area contributed by atoms with E-state index in [9.17, 15) is 14.4 Å². The molecule has 0 fully saturated rings. The molecule has 3 rings (SSSR count). The van der Waals surface area contributed by atoms with Gasteiger partial charge in [-0.2, -0.15) is 0 Å². The fraction of sp³-hybridized carbons (Fsp3) is 0.389. The molecule has 0 N–H and O–H groups in total. The Kier molecular flexibility index (Phi) is 4.02. The Balaban J connectivity index is 2.09. The summed E-state index contributed by atoms with van der Waals surface area (Å²) in [5.74, 6) is -0.537. The summed E-state index contributed by atoms with van der Waals surface area (Å²) in [6, 6.07) is 6.25. The molecule has 1 aliphatic rings. The molecule has 1 aromatic carbocycles. The van der Waals surface area contributed by atoms with Crippen molar-refractivity contribution in [2.75, 3.05) is 0 Å². The molecular weight excluding hydrogens is 328 g/mol. The van der Waals surface area contributed by atoms with Gasteiger partial charge in [0.15, 0.2) is 12.2 Å². The molecule has 1 aromatic heterocycles. The predicted molar refractivity (Wildman–Crippen MR) is 87.3 cm³/mol. The molecule has 2 aromatic rings. The first-order valence-corrected chi connectivity index (χ1v) is 7.78. The normalized spacial score (nSPS) is 19.2. The minimum absolute atomic E-state index is 0.360. The highest BCUT2D eigenvalue weighted by Crippen LogP contribution is 2.45. The van der Waals surface area contributed by atoms with Gasteiger partial charge in [0, 0.05) is 36.9 Å². The minimum Gasteiger partial charge on any atom is -0.481 e. The molecule has 0 aliphatic carbocycles. The zero-order valence-corrected chi connectivity index (χ0v) is 14.3. The highest BCUT2D eigenvalue weighted by molar-refractivity contribution is 5.80. The molecule has 0 saturated carbocycles. The van der Waals surface area contributed by atoms with E-state index in [-0.39, 0.29) is 0 Å². The molecule has 1 aliphatic heterocycles. The molecule has 0 spiro atoms. The number of esters is 2. The number of carbonyl (C=O) groups is 2. The molecule has 132 valence electrons. The van der Waals surface area contributed by atoms with Gasteiger partial charge in [-0.15, -0.1) is 0 Å². The maximum atomic E-state index is 11.6. The lowest BCUT2D eigenvalue weighted by Gasteiger charge is -2.33. The highest BCUT2D eigenvalue weighted by Gasteiger charge is 2.48. The molecular formula is C18H18O7. The number of benzene rings is 1. The van der Waals surface area contributed by atoms with E-state index >= 15 is 0 Å². The van der Waals surface area contributed by atoms with E-state index in [0.717, 1.165) is 0 Å². The summed E-state index contributed by atoms with van der Waals surface area (Å²) in [4.78, 5) is 34.4. The van der Waals surface area contributed by atoms with Crippen LogP contribution in [0.2, 0.25) is 0 Å². The van der Waals surface area contributed by atoms with Gasteiger partial charge in [-0.25, -0.2) is 4.79 Å². The van der Waals surface area contributed by atoms with Gasteiger partial charge in [0.25, 0.3) is 0 Å². The van der Waals surface area contributed by atoms with E-state index in [0.29, 0.717) is 22.3 Å². The van der Waals surface area contributed by atoms with Crippen molar-refractivity contribution < 1.29 is 28.2 Å². The lowest BCUT2D eigenvalue weighted by molar-refractivity contribution is -0.174. The van der Waals surface area contributed by atoms with Gasteiger partial charge in [0.1, 0.15) is 16.9 Å². The van der Waals surface area contributed by atoms with E-state index in [4.69, 9.17) is 18.6 Å². The van der Waals surface area contributed by atoms with Gasteiger partial charge >= 0.3 is 17.6 Å². The largest absolute Gasteiger partial charge is 0.481 e. The number of ether oxygens (including phenoxy) is 3. The Morgan fingerprint density at radius 3 is 2.48 bits per heavy atom. The maximum absolute atomic E-state index is 11.6. The number of fused-ring (bicyclic) bond motifs is 2. The summed E-state index contributed by atoms with van der Waals surface area (Å²) in [7, 11) is 0. The van der Waals surface area contributed by atoms with Crippen LogP contribution >= 0.6 is 0 Å². The maximum Gasteiger partial charge on any atom is 0.336 e. The Hall–Kier alpha value is -2.83. The monoisotopic (exact) mass is 346 g/mol. The van der Waals surface area contributed by atoms with Crippen LogP contribution in [-0.4, -0.2) is 23.6 Å². The lowest BCUT2D eigenvalue weighted by atomic mass is 9.93. The van der Waals surface area contributed by atoms with Crippen LogP contribution in [0.1, 0.15) is 39.4 Å². The first kappa shape index (κ1) is 17.0. The van der Waals surface area contributed by atoms with Crippen molar-refractivity contribution in [1.29, 1.82) is 0 Å². The van der Waals surface area contributed by atoms with Crippen molar-refractivity contribution >= 4 is 22.9 Å². The molecule has 0 bridgehead atoms. The topological polar surface area (TPSA) is 92.0 Å². The second kappa shape index (κ2) is 5.91. The minimum atomic E-state index is -1.04. The molecule has 0 amide bonds. The van der Waals surface area contributed by atoms with Crippen molar-refractivity contribution in [2.24, 2.45) is 0 Å². The standard InChI is InChI=1S/C18H18O7/c1-9(19)22-16-12-7-11-5-6-15(21)23-13(11)8-14(12)24-17(16)18(3,4)25-10(2)20/h5-8,16-17H,1-4H3/t16-,17+/m1/s1. The Labute approximate surface area is 143 Å². The third-order valence-corrected chi connectivity index (χ3v) is 3.97. The van der Waals surface area contributed by atoms with Gasteiger partial charge in [0.2, 0.25) is 0 Å². The fourth-order valence-corrected chi connectivity index (χ4v) is 3.04. The van der Waals surface area contributed by atoms with Crippen molar-refractivity contribution in [2.45, 2.75) is 45.5 Å². The van der Waals surface area contributed by atoms with Gasteiger partial charge in [-0.05, 0) is 26.0 Å². The molecule has 0 unspecified atom stereocenters. The molecule has 2 heterocycles. The third-order valence-electron chi connectivity index (χ3n) is 3.97. The Morgan fingerprint density at radius 2 is 1.84 bits per heavy atom. The average molecular weight is 346 g/mol. The molecule has 2 atom stereocenters. The zero-order chi connectivity index (χ0) is 18.4. The molecule has 0 saturated heterocycles. The fourth-order valence-electron chi connectivity index (χ4n) is 3.04. The summed E-state index contributed by atoms with van der Waals surface area (Å²) in [6.45, 7) is 5.96. The second-order valence-electron chi connectivity index (χ2n) is 6.45. The Morgan fingerprint density at radius 1 is 1.12 bits per heavy atom. The molecule has 7 heteroatoms. The van der Waals surface area contributed by atoms with Crippen LogP contribution in [0.4, 0.5) is 0 Å². The average Bonchev–Trinajstić information content (AvgIpc) is 2.81. The first-order chi connectivity index (χ1) is 11.7. The summed E-state index contributed by atoms with van der Waals surface area (Å²) in [5, 5.41) is 0.671. The van der Waals surface area contributed by atoms with E-state index in [2.05, 4.69) is 0 Å². The van der Waals surface area contributed by atoms with Crippen LogP contribution in [0.3, 0.4) is 0 Å². The van der Waals surface area contributed by atoms with Crippen molar-refractivity contribution in [3.8, 4) is 5.75 Å². The SMILES string of the molecule is CC(=O)O[C@@H]1c2cc3ccc(=O)oc3cc2O[C@@H]1C(C)(C)OC(C)=O. The van der Waals surface area contributed by atoms with Crippen LogP contribution in [0.25, 0.3) is 11.0 Å². The van der Waals surface area contributed by atoms with Gasteiger partial charge in [-0.1, -0.05) is 0 Å². The number of hydrogen-bond acceptors (Lipinski definition) is 7. The highest BCUT2D eigenvalue weighted by atomic mass is 16.6. The zero-order valence-electron chi connectivity index (χ0n) is 14.3. The summed E-state index contributed by atoms with van der Waals surface area (Å²) in [5.41, 5.74) is -0.530. The molecule has 7 nitrogen and oxygen atoms in total. The summed E-state index contributed by atoms with van der Waals surface area (Å²) < 4.78 is 21.9. The second-order valence-corrected chi connectivity index (χ2v) is 6.45. The van der Waals surface area contributed by atoms with Crippen LogP contribution < -0.4 is 10.4 Å². The van der Waals surface area contributed by atoms with Gasteiger partial charge in [0.05, 0.1) is 0 Å². The van der Waals surface area contributed by atoms with E-state index < -0.39 is 35.4 Å². The summed E-state index contributed by atoms with van der Waals surface area (Å²) >= 11 is 0. The first-order valence-electron chi connectivity index (χ1n) is 7.78. The number of rotatable bonds is 3. The van der Waals surface area contributed by atoms with Crippen LogP contribution in [0.15, 0.2) is 33.5 Å². The van der Waals surface area contributed by atoms with Gasteiger partial charge < -0.3 is 18.6 Å². The quantitative estimate of drug-likeness (QED) is 0.623.